The molecule has 4 heteroatoms. The molecule has 0 aliphatic carbocycles. The van der Waals surface area contributed by atoms with E-state index in [0.29, 0.717) is 6.54 Å². The van der Waals surface area contributed by atoms with Gasteiger partial charge < -0.3 is 14.4 Å². The quantitative estimate of drug-likeness (QED) is 0.870. The summed E-state index contributed by atoms with van der Waals surface area (Å²) in [6.07, 6.45) is 0. The summed E-state index contributed by atoms with van der Waals surface area (Å²) in [7, 11) is 0. The molecule has 1 saturated heterocycles. The maximum atomic E-state index is 12.5. The molecule has 4 nitrogen and oxygen atoms in total. The van der Waals surface area contributed by atoms with Crippen molar-refractivity contribution in [3.63, 3.8) is 0 Å². The first-order valence-electron chi connectivity index (χ1n) is 7.85. The monoisotopic (exact) mass is 297 g/mol. The maximum Gasteiger partial charge on any atom is 0.242 e. The highest BCUT2D eigenvalue weighted by molar-refractivity contribution is 5.76. The molecular formula is C18H23N3O. The smallest absolute Gasteiger partial charge is 0.242 e. The number of benzene rings is 1. The van der Waals surface area contributed by atoms with E-state index in [1.54, 1.807) is 0 Å². The third-order valence-corrected chi connectivity index (χ3v) is 4.46. The molecule has 0 bridgehead atoms. The van der Waals surface area contributed by atoms with Crippen LogP contribution in [0.1, 0.15) is 11.4 Å². The van der Waals surface area contributed by atoms with E-state index < -0.39 is 0 Å². The van der Waals surface area contributed by atoms with E-state index in [0.717, 1.165) is 37.6 Å². The number of carbonyl (C=O) groups is 1. The number of rotatable bonds is 3. The zero-order valence-corrected chi connectivity index (χ0v) is 13.3. The Hall–Kier alpha value is -2.23. The number of aryl methyl sites for hydroxylation is 2. The third kappa shape index (κ3) is 3.01. The Balaban J connectivity index is 1.58. The van der Waals surface area contributed by atoms with Gasteiger partial charge in [-0.1, -0.05) is 18.2 Å². The zero-order valence-electron chi connectivity index (χ0n) is 13.3. The Bertz CT molecular complexity index is 620. The molecule has 1 amide bonds. The number of hydrogen-bond donors (Lipinski definition) is 0. The van der Waals surface area contributed by atoms with Gasteiger partial charge in [0.1, 0.15) is 6.54 Å². The van der Waals surface area contributed by atoms with Crippen LogP contribution in [0.4, 0.5) is 5.69 Å². The molecule has 116 valence electrons. The minimum absolute atomic E-state index is 0.218. The molecule has 2 aromatic rings. The van der Waals surface area contributed by atoms with Crippen molar-refractivity contribution < 1.29 is 4.79 Å². The summed E-state index contributed by atoms with van der Waals surface area (Å²) in [5.74, 6) is 0.218. The van der Waals surface area contributed by atoms with E-state index in [4.69, 9.17) is 0 Å². The molecule has 0 radical (unpaired) electrons. The van der Waals surface area contributed by atoms with E-state index in [-0.39, 0.29) is 5.91 Å². The van der Waals surface area contributed by atoms with E-state index in [1.165, 1.54) is 5.69 Å². The van der Waals surface area contributed by atoms with Crippen LogP contribution in [0.25, 0.3) is 0 Å². The number of nitrogens with zero attached hydrogens (tertiary/aromatic N) is 3. The highest BCUT2D eigenvalue weighted by Crippen LogP contribution is 2.16. The van der Waals surface area contributed by atoms with E-state index >= 15 is 0 Å². The van der Waals surface area contributed by atoms with Crippen molar-refractivity contribution in [2.24, 2.45) is 0 Å². The Morgan fingerprint density at radius 1 is 0.909 bits per heavy atom. The molecule has 0 atom stereocenters. The minimum Gasteiger partial charge on any atom is -0.368 e. The topological polar surface area (TPSA) is 28.5 Å². The molecule has 0 saturated carbocycles. The summed E-state index contributed by atoms with van der Waals surface area (Å²) >= 11 is 0. The van der Waals surface area contributed by atoms with Crippen LogP contribution in [0.3, 0.4) is 0 Å². The summed E-state index contributed by atoms with van der Waals surface area (Å²) in [6, 6.07) is 14.5. The van der Waals surface area contributed by atoms with Gasteiger partial charge in [0.05, 0.1) is 0 Å². The van der Waals surface area contributed by atoms with Crippen LogP contribution in [-0.2, 0) is 11.3 Å². The van der Waals surface area contributed by atoms with Crippen molar-refractivity contribution in [2.45, 2.75) is 20.4 Å². The Morgan fingerprint density at radius 2 is 1.50 bits per heavy atom. The number of anilines is 1. The largest absolute Gasteiger partial charge is 0.368 e. The predicted molar refractivity (Wildman–Crippen MR) is 89.1 cm³/mol. The second kappa shape index (κ2) is 6.26. The summed E-state index contributed by atoms with van der Waals surface area (Å²) in [5, 5.41) is 0. The van der Waals surface area contributed by atoms with E-state index in [9.17, 15) is 4.79 Å². The van der Waals surface area contributed by atoms with Crippen LogP contribution in [0.5, 0.6) is 0 Å². The molecule has 0 unspecified atom stereocenters. The molecule has 0 spiro atoms. The van der Waals surface area contributed by atoms with Crippen molar-refractivity contribution in [1.29, 1.82) is 0 Å². The maximum absolute atomic E-state index is 12.5. The minimum atomic E-state index is 0.218. The lowest BCUT2D eigenvalue weighted by molar-refractivity contribution is -0.132. The molecule has 3 rings (SSSR count). The number of aromatic nitrogens is 1. The number of amides is 1. The van der Waals surface area contributed by atoms with Crippen molar-refractivity contribution in [2.75, 3.05) is 31.1 Å². The first-order valence-corrected chi connectivity index (χ1v) is 7.85. The Kier molecular flexibility index (Phi) is 4.18. The van der Waals surface area contributed by atoms with Crippen LogP contribution < -0.4 is 4.90 Å². The van der Waals surface area contributed by atoms with Crippen molar-refractivity contribution >= 4 is 11.6 Å². The number of carbonyl (C=O) groups excluding carboxylic acids is 1. The third-order valence-electron chi connectivity index (χ3n) is 4.46. The fourth-order valence-corrected chi connectivity index (χ4v) is 3.04. The van der Waals surface area contributed by atoms with Crippen LogP contribution >= 0.6 is 0 Å². The molecule has 1 fully saturated rings. The van der Waals surface area contributed by atoms with E-state index in [2.05, 4.69) is 45.9 Å². The molecule has 1 aromatic heterocycles. The lowest BCUT2D eigenvalue weighted by Gasteiger charge is -2.36. The van der Waals surface area contributed by atoms with Gasteiger partial charge in [0.25, 0.3) is 0 Å². The second-order valence-corrected chi connectivity index (χ2v) is 5.91. The molecule has 0 N–H and O–H groups in total. The molecule has 1 aliphatic rings. The van der Waals surface area contributed by atoms with Gasteiger partial charge >= 0.3 is 0 Å². The van der Waals surface area contributed by atoms with E-state index in [1.807, 2.05) is 24.8 Å². The van der Waals surface area contributed by atoms with Gasteiger partial charge in [-0.2, -0.15) is 0 Å². The zero-order chi connectivity index (χ0) is 15.5. The molecule has 22 heavy (non-hydrogen) atoms. The Morgan fingerprint density at radius 3 is 2.09 bits per heavy atom. The van der Waals surface area contributed by atoms with Crippen LogP contribution in [-0.4, -0.2) is 41.6 Å². The summed E-state index contributed by atoms with van der Waals surface area (Å²) in [5.41, 5.74) is 3.54. The normalized spacial score (nSPS) is 15.2. The lowest BCUT2D eigenvalue weighted by Crippen LogP contribution is -2.49. The highest BCUT2D eigenvalue weighted by atomic mass is 16.2. The van der Waals surface area contributed by atoms with Gasteiger partial charge in [0, 0.05) is 43.3 Å². The standard InChI is InChI=1S/C18H23N3O/c1-15-8-9-16(2)21(15)14-18(22)20-12-10-19(11-13-20)17-6-4-3-5-7-17/h3-9H,10-14H2,1-2H3. The van der Waals surface area contributed by atoms with Gasteiger partial charge in [-0.25, -0.2) is 0 Å². The predicted octanol–water partition coefficient (Wildman–Crippen LogP) is 2.45. The second-order valence-electron chi connectivity index (χ2n) is 5.91. The molecule has 1 aliphatic heterocycles. The van der Waals surface area contributed by atoms with Crippen molar-refractivity contribution in [1.82, 2.24) is 9.47 Å². The summed E-state index contributed by atoms with van der Waals surface area (Å²) < 4.78 is 2.09. The first-order chi connectivity index (χ1) is 10.6. The van der Waals surface area contributed by atoms with Crippen molar-refractivity contribution in [3.8, 4) is 0 Å². The summed E-state index contributed by atoms with van der Waals surface area (Å²) in [4.78, 5) is 16.8. The van der Waals surface area contributed by atoms with Crippen LogP contribution in [0.15, 0.2) is 42.5 Å². The van der Waals surface area contributed by atoms with Crippen LogP contribution in [0, 0.1) is 13.8 Å². The molecule has 2 heterocycles. The van der Waals surface area contributed by atoms with Gasteiger partial charge in [-0.05, 0) is 38.1 Å². The average molecular weight is 297 g/mol. The Labute approximate surface area is 132 Å². The lowest BCUT2D eigenvalue weighted by atomic mass is 10.2. The van der Waals surface area contributed by atoms with Gasteiger partial charge in [-0.15, -0.1) is 0 Å². The van der Waals surface area contributed by atoms with Crippen LogP contribution in [0.2, 0.25) is 0 Å². The van der Waals surface area contributed by atoms with Gasteiger partial charge in [0.15, 0.2) is 0 Å². The highest BCUT2D eigenvalue weighted by Gasteiger charge is 2.21. The fourth-order valence-electron chi connectivity index (χ4n) is 3.04. The SMILES string of the molecule is Cc1ccc(C)n1CC(=O)N1CCN(c2ccccc2)CC1. The average Bonchev–Trinajstić information content (AvgIpc) is 2.88. The van der Waals surface area contributed by atoms with Gasteiger partial charge in [-0.3, -0.25) is 4.79 Å². The number of hydrogen-bond acceptors (Lipinski definition) is 2. The fraction of sp³-hybridized carbons (Fsp3) is 0.389. The molecular weight excluding hydrogens is 274 g/mol. The molecule has 1 aromatic carbocycles. The van der Waals surface area contributed by atoms with Crippen molar-refractivity contribution in [3.05, 3.63) is 53.9 Å². The number of para-hydroxylation sites is 1. The summed E-state index contributed by atoms with van der Waals surface area (Å²) in [6.45, 7) is 7.95. The number of piperazine rings is 1. The first kappa shape index (κ1) is 14.7. The van der Waals surface area contributed by atoms with Gasteiger partial charge in [0.2, 0.25) is 5.91 Å².